The van der Waals surface area contributed by atoms with Crippen LogP contribution in [0.3, 0.4) is 0 Å². The second-order valence-electron chi connectivity index (χ2n) is 2.80. The predicted molar refractivity (Wildman–Crippen MR) is 44.6 cm³/mol. The van der Waals surface area contributed by atoms with Gasteiger partial charge < -0.3 is 0 Å². The Bertz CT molecular complexity index is 336. The third-order valence-electron chi connectivity index (χ3n) is 1.82. The van der Waals surface area contributed by atoms with Crippen LogP contribution in [0.1, 0.15) is 11.7 Å². The highest BCUT2D eigenvalue weighted by molar-refractivity contribution is 5.31. The SMILES string of the molecule is Cc1nn(C(CF)CF)cc1[N+](=O)[O-]. The maximum atomic E-state index is 12.2. The smallest absolute Gasteiger partial charge is 0.258 e. The lowest BCUT2D eigenvalue weighted by Gasteiger charge is -2.07. The Morgan fingerprint density at radius 3 is 2.57 bits per heavy atom. The molecule has 0 unspecified atom stereocenters. The first kappa shape index (κ1) is 10.6. The minimum atomic E-state index is -1.07. The summed E-state index contributed by atoms with van der Waals surface area (Å²) in [6.45, 7) is -0.453. The van der Waals surface area contributed by atoms with Crippen LogP contribution in [0.5, 0.6) is 0 Å². The molecule has 0 atom stereocenters. The van der Waals surface area contributed by atoms with Gasteiger partial charge in [-0.3, -0.25) is 14.8 Å². The summed E-state index contributed by atoms with van der Waals surface area (Å²) in [5.74, 6) is 0. The second kappa shape index (κ2) is 4.12. The van der Waals surface area contributed by atoms with Crippen molar-refractivity contribution in [3.05, 3.63) is 22.0 Å². The lowest BCUT2D eigenvalue weighted by atomic mass is 10.4. The van der Waals surface area contributed by atoms with Gasteiger partial charge in [-0.1, -0.05) is 0 Å². The Balaban J connectivity index is 3.01. The first-order chi connectivity index (χ1) is 6.60. The number of aromatic nitrogens is 2. The number of hydrogen-bond donors (Lipinski definition) is 0. The molecule has 1 heterocycles. The molecule has 0 aliphatic carbocycles. The van der Waals surface area contributed by atoms with Gasteiger partial charge in [-0.05, 0) is 6.92 Å². The van der Waals surface area contributed by atoms with Gasteiger partial charge in [0.1, 0.15) is 31.3 Å². The third-order valence-corrected chi connectivity index (χ3v) is 1.82. The van der Waals surface area contributed by atoms with Gasteiger partial charge in [0.2, 0.25) is 0 Å². The molecule has 5 nitrogen and oxygen atoms in total. The highest BCUT2D eigenvalue weighted by atomic mass is 19.1. The highest BCUT2D eigenvalue weighted by Crippen LogP contribution is 2.18. The highest BCUT2D eigenvalue weighted by Gasteiger charge is 2.20. The summed E-state index contributed by atoms with van der Waals surface area (Å²) in [5, 5.41) is 14.1. The summed E-state index contributed by atoms with van der Waals surface area (Å²) in [4.78, 5) is 9.77. The molecule has 1 aromatic heterocycles. The van der Waals surface area contributed by atoms with Gasteiger partial charge >= 0.3 is 5.69 Å². The maximum Gasteiger partial charge on any atom is 0.309 e. The molecule has 7 heteroatoms. The van der Waals surface area contributed by atoms with Crippen molar-refractivity contribution in [2.75, 3.05) is 13.3 Å². The molecule has 1 rings (SSSR count). The summed E-state index contributed by atoms with van der Waals surface area (Å²) < 4.78 is 25.4. The average molecular weight is 205 g/mol. The van der Waals surface area contributed by atoms with Crippen molar-refractivity contribution in [3.63, 3.8) is 0 Å². The van der Waals surface area contributed by atoms with E-state index in [4.69, 9.17) is 0 Å². The summed E-state index contributed by atoms with van der Waals surface area (Å²) >= 11 is 0. The lowest BCUT2D eigenvalue weighted by molar-refractivity contribution is -0.385. The number of aryl methyl sites for hydroxylation is 1. The largest absolute Gasteiger partial charge is 0.309 e. The van der Waals surface area contributed by atoms with Gasteiger partial charge in [0.05, 0.1) is 4.92 Å². The fourth-order valence-electron chi connectivity index (χ4n) is 1.02. The molecule has 0 aliphatic rings. The first-order valence-corrected chi connectivity index (χ1v) is 3.92. The van der Waals surface area contributed by atoms with Crippen molar-refractivity contribution in [3.8, 4) is 0 Å². The Kier molecular flexibility index (Phi) is 3.10. The monoisotopic (exact) mass is 205 g/mol. The van der Waals surface area contributed by atoms with Crippen LogP contribution in [0.4, 0.5) is 14.5 Å². The van der Waals surface area contributed by atoms with E-state index in [1.165, 1.54) is 6.92 Å². The van der Waals surface area contributed by atoms with Crippen LogP contribution in [0.15, 0.2) is 6.20 Å². The van der Waals surface area contributed by atoms with E-state index in [1.807, 2.05) is 0 Å². The fraction of sp³-hybridized carbons (Fsp3) is 0.571. The van der Waals surface area contributed by atoms with Gasteiger partial charge in [-0.25, -0.2) is 8.78 Å². The van der Waals surface area contributed by atoms with Gasteiger partial charge in [0, 0.05) is 0 Å². The van der Waals surface area contributed by atoms with Crippen LogP contribution in [0.2, 0.25) is 0 Å². The number of hydrogen-bond acceptors (Lipinski definition) is 3. The lowest BCUT2D eigenvalue weighted by Crippen LogP contribution is -2.13. The van der Waals surface area contributed by atoms with E-state index in [0.717, 1.165) is 10.9 Å². The van der Waals surface area contributed by atoms with Crippen molar-refractivity contribution in [2.24, 2.45) is 0 Å². The van der Waals surface area contributed by atoms with Crippen LogP contribution >= 0.6 is 0 Å². The zero-order valence-electron chi connectivity index (χ0n) is 7.48. The summed E-state index contributed by atoms with van der Waals surface area (Å²) in [5.41, 5.74) is -0.0706. The quantitative estimate of drug-likeness (QED) is 0.553. The van der Waals surface area contributed by atoms with Crippen LogP contribution in [0, 0.1) is 17.0 Å². The van der Waals surface area contributed by atoms with E-state index < -0.39 is 24.3 Å². The molecule has 0 bridgehead atoms. The molecule has 78 valence electrons. The van der Waals surface area contributed by atoms with Crippen molar-refractivity contribution >= 4 is 5.69 Å². The molecule has 14 heavy (non-hydrogen) atoms. The summed E-state index contributed by atoms with van der Waals surface area (Å²) in [6.07, 6.45) is 1.04. The third kappa shape index (κ3) is 1.86. The van der Waals surface area contributed by atoms with Gasteiger partial charge in [0.15, 0.2) is 0 Å². The van der Waals surface area contributed by atoms with Crippen LogP contribution in [0.25, 0.3) is 0 Å². The molecule has 0 N–H and O–H groups in total. The topological polar surface area (TPSA) is 61.0 Å². The number of rotatable bonds is 4. The van der Waals surface area contributed by atoms with E-state index in [-0.39, 0.29) is 11.4 Å². The van der Waals surface area contributed by atoms with Crippen molar-refractivity contribution < 1.29 is 13.7 Å². The minimum absolute atomic E-state index is 0.155. The molecule has 0 saturated carbocycles. The maximum absolute atomic E-state index is 12.2. The van der Waals surface area contributed by atoms with Gasteiger partial charge in [-0.2, -0.15) is 5.10 Å². The number of halogens is 2. The molecule has 0 aromatic carbocycles. The number of nitrogens with zero attached hydrogens (tertiary/aromatic N) is 3. The fourth-order valence-corrected chi connectivity index (χ4v) is 1.02. The zero-order valence-corrected chi connectivity index (χ0v) is 7.48. The standard InChI is InChI=1S/C7H9F2N3O2/c1-5-7(12(13)14)4-11(10-5)6(2-8)3-9/h4,6H,2-3H2,1H3. The Morgan fingerprint density at radius 1 is 1.64 bits per heavy atom. The van der Waals surface area contributed by atoms with Crippen molar-refractivity contribution in [1.29, 1.82) is 0 Å². The second-order valence-corrected chi connectivity index (χ2v) is 2.80. The van der Waals surface area contributed by atoms with E-state index in [0.29, 0.717) is 0 Å². The van der Waals surface area contributed by atoms with Gasteiger partial charge in [0.25, 0.3) is 0 Å². The predicted octanol–water partition coefficient (Wildman–Crippen LogP) is 1.58. The Labute approximate surface area is 78.5 Å². The molecule has 0 spiro atoms. The van der Waals surface area contributed by atoms with E-state index in [1.54, 1.807) is 0 Å². The molecular weight excluding hydrogens is 196 g/mol. The van der Waals surface area contributed by atoms with Crippen LogP contribution in [-0.2, 0) is 0 Å². The van der Waals surface area contributed by atoms with E-state index >= 15 is 0 Å². The van der Waals surface area contributed by atoms with Gasteiger partial charge in [-0.15, -0.1) is 0 Å². The zero-order chi connectivity index (χ0) is 10.7. The number of nitro groups is 1. The Morgan fingerprint density at radius 2 is 2.21 bits per heavy atom. The molecular formula is C7H9F2N3O2. The Hall–Kier alpha value is -1.53. The molecule has 0 radical (unpaired) electrons. The molecule has 0 saturated heterocycles. The van der Waals surface area contributed by atoms with Crippen LogP contribution in [-0.4, -0.2) is 28.1 Å². The number of alkyl halides is 2. The normalized spacial score (nSPS) is 10.9. The van der Waals surface area contributed by atoms with Crippen molar-refractivity contribution in [1.82, 2.24) is 9.78 Å². The molecule has 1 aromatic rings. The van der Waals surface area contributed by atoms with E-state index in [2.05, 4.69) is 5.10 Å². The molecule has 0 fully saturated rings. The summed E-state index contributed by atoms with van der Waals surface area (Å²) in [7, 11) is 0. The first-order valence-electron chi connectivity index (χ1n) is 3.92. The van der Waals surface area contributed by atoms with E-state index in [9.17, 15) is 18.9 Å². The molecule has 0 aliphatic heterocycles. The van der Waals surface area contributed by atoms with Crippen LogP contribution < -0.4 is 0 Å². The summed E-state index contributed by atoms with van der Waals surface area (Å²) in [6, 6.07) is -1.07. The molecule has 0 amide bonds. The average Bonchev–Trinajstić information content (AvgIpc) is 2.50. The minimum Gasteiger partial charge on any atom is -0.258 e. The van der Waals surface area contributed by atoms with Crippen molar-refractivity contribution in [2.45, 2.75) is 13.0 Å².